The minimum atomic E-state index is -0.613. The predicted octanol–water partition coefficient (Wildman–Crippen LogP) is 1.30. The summed E-state index contributed by atoms with van der Waals surface area (Å²) in [6.45, 7) is 1.65. The first-order valence-electron chi connectivity index (χ1n) is 3.81. The van der Waals surface area contributed by atoms with Crippen LogP contribution in [0.5, 0.6) is 0 Å². The topological polar surface area (TPSA) is 75.8 Å². The summed E-state index contributed by atoms with van der Waals surface area (Å²) in [4.78, 5) is 0. The summed E-state index contributed by atoms with van der Waals surface area (Å²) in [5.74, 6) is -0.613. The molecule has 0 spiro atoms. The van der Waals surface area contributed by atoms with E-state index in [9.17, 15) is 4.39 Å². The van der Waals surface area contributed by atoms with E-state index < -0.39 is 11.9 Å². The van der Waals surface area contributed by atoms with E-state index in [4.69, 9.17) is 16.7 Å². The maximum atomic E-state index is 13.4. The number of nitrogens with zero attached hydrogens (tertiary/aromatic N) is 1. The number of hydrogen-bond donors (Lipinski definition) is 2. The number of anilines is 1. The standard InChI is InChI=1S/C9H10FN3/c1-5(12)6-2-3-8(13)7(4-11)9(6)10/h2-3,5H,12-13H2,1H3. The lowest BCUT2D eigenvalue weighted by molar-refractivity contribution is 0.591. The molecular weight excluding hydrogens is 169 g/mol. The zero-order valence-corrected chi connectivity index (χ0v) is 7.21. The molecule has 0 heterocycles. The average Bonchev–Trinajstić information content (AvgIpc) is 2.04. The fraction of sp³-hybridized carbons (Fsp3) is 0.222. The van der Waals surface area contributed by atoms with Crippen LogP contribution in [0, 0.1) is 17.1 Å². The third kappa shape index (κ3) is 1.60. The Kier molecular flexibility index (Phi) is 2.49. The van der Waals surface area contributed by atoms with E-state index in [0.717, 1.165) is 0 Å². The molecule has 13 heavy (non-hydrogen) atoms. The molecule has 0 saturated carbocycles. The van der Waals surface area contributed by atoms with Gasteiger partial charge >= 0.3 is 0 Å². The molecule has 0 saturated heterocycles. The van der Waals surface area contributed by atoms with Gasteiger partial charge in [-0.25, -0.2) is 4.39 Å². The Morgan fingerprint density at radius 1 is 1.54 bits per heavy atom. The van der Waals surface area contributed by atoms with Crippen molar-refractivity contribution >= 4 is 5.69 Å². The molecule has 4 N–H and O–H groups in total. The molecule has 4 heteroatoms. The van der Waals surface area contributed by atoms with Gasteiger partial charge in [-0.3, -0.25) is 0 Å². The summed E-state index contributed by atoms with van der Waals surface area (Å²) in [7, 11) is 0. The third-order valence-corrected chi connectivity index (χ3v) is 1.81. The molecule has 0 amide bonds. The molecule has 1 aromatic rings. The first kappa shape index (κ1) is 9.49. The van der Waals surface area contributed by atoms with E-state index in [-0.39, 0.29) is 11.3 Å². The smallest absolute Gasteiger partial charge is 0.147 e. The van der Waals surface area contributed by atoms with Crippen LogP contribution in [0.4, 0.5) is 10.1 Å². The molecule has 0 aromatic heterocycles. The van der Waals surface area contributed by atoms with Crippen molar-refractivity contribution in [2.24, 2.45) is 5.73 Å². The van der Waals surface area contributed by atoms with Gasteiger partial charge in [0.1, 0.15) is 17.4 Å². The van der Waals surface area contributed by atoms with Crippen LogP contribution in [0.15, 0.2) is 12.1 Å². The normalized spacial score (nSPS) is 12.2. The molecule has 68 valence electrons. The number of nitrogens with two attached hydrogens (primary N) is 2. The van der Waals surface area contributed by atoms with Crippen LogP contribution in [0.25, 0.3) is 0 Å². The molecule has 0 bridgehead atoms. The highest BCUT2D eigenvalue weighted by Crippen LogP contribution is 2.22. The molecule has 0 aliphatic carbocycles. The quantitative estimate of drug-likeness (QED) is 0.638. The Balaban J connectivity index is 3.38. The summed E-state index contributed by atoms with van der Waals surface area (Å²) in [6, 6.07) is 4.25. The van der Waals surface area contributed by atoms with Crippen LogP contribution < -0.4 is 11.5 Å². The van der Waals surface area contributed by atoms with Crippen LogP contribution in [0.1, 0.15) is 24.1 Å². The van der Waals surface area contributed by atoms with Gasteiger partial charge < -0.3 is 11.5 Å². The zero-order valence-electron chi connectivity index (χ0n) is 7.21. The molecule has 1 atom stereocenters. The van der Waals surface area contributed by atoms with Gasteiger partial charge in [0.25, 0.3) is 0 Å². The number of benzene rings is 1. The molecule has 1 rings (SSSR count). The van der Waals surface area contributed by atoms with E-state index in [2.05, 4.69) is 0 Å². The Morgan fingerprint density at radius 3 is 2.62 bits per heavy atom. The van der Waals surface area contributed by atoms with E-state index in [1.165, 1.54) is 12.1 Å². The largest absolute Gasteiger partial charge is 0.398 e. The number of nitrogen functional groups attached to an aromatic ring is 1. The SMILES string of the molecule is CC(N)c1ccc(N)c(C#N)c1F. The van der Waals surface area contributed by atoms with Crippen molar-refractivity contribution in [1.29, 1.82) is 5.26 Å². The summed E-state index contributed by atoms with van der Waals surface area (Å²) in [5, 5.41) is 8.59. The fourth-order valence-electron chi connectivity index (χ4n) is 1.07. The first-order chi connectivity index (χ1) is 6.07. The average molecular weight is 179 g/mol. The van der Waals surface area contributed by atoms with E-state index in [0.29, 0.717) is 5.56 Å². The second-order valence-corrected chi connectivity index (χ2v) is 2.83. The van der Waals surface area contributed by atoms with Gasteiger partial charge in [-0.15, -0.1) is 0 Å². The third-order valence-electron chi connectivity index (χ3n) is 1.81. The van der Waals surface area contributed by atoms with Crippen molar-refractivity contribution in [3.8, 4) is 6.07 Å². The van der Waals surface area contributed by atoms with Gasteiger partial charge in [-0.05, 0) is 13.0 Å². The highest BCUT2D eigenvalue weighted by Gasteiger charge is 2.13. The first-order valence-corrected chi connectivity index (χ1v) is 3.81. The number of nitriles is 1. The zero-order chi connectivity index (χ0) is 10.0. The lowest BCUT2D eigenvalue weighted by Crippen LogP contribution is -2.09. The monoisotopic (exact) mass is 179 g/mol. The van der Waals surface area contributed by atoms with Crippen LogP contribution in [0.2, 0.25) is 0 Å². The molecule has 3 nitrogen and oxygen atoms in total. The Bertz CT molecular complexity index is 366. The summed E-state index contributed by atoms with van der Waals surface area (Å²) < 4.78 is 13.4. The molecule has 0 aliphatic rings. The van der Waals surface area contributed by atoms with Gasteiger partial charge in [0.15, 0.2) is 0 Å². The van der Waals surface area contributed by atoms with Crippen molar-refractivity contribution in [2.45, 2.75) is 13.0 Å². The molecule has 0 aliphatic heterocycles. The second-order valence-electron chi connectivity index (χ2n) is 2.83. The predicted molar refractivity (Wildman–Crippen MR) is 48.1 cm³/mol. The number of halogens is 1. The minimum Gasteiger partial charge on any atom is -0.398 e. The lowest BCUT2D eigenvalue weighted by atomic mass is 10.0. The van der Waals surface area contributed by atoms with E-state index >= 15 is 0 Å². The van der Waals surface area contributed by atoms with E-state index in [1.807, 2.05) is 0 Å². The molecule has 1 unspecified atom stereocenters. The van der Waals surface area contributed by atoms with Crippen molar-refractivity contribution in [1.82, 2.24) is 0 Å². The van der Waals surface area contributed by atoms with Crippen molar-refractivity contribution in [2.75, 3.05) is 5.73 Å². The molecule has 1 aromatic carbocycles. The van der Waals surface area contributed by atoms with Gasteiger partial charge in [0, 0.05) is 11.6 Å². The van der Waals surface area contributed by atoms with Gasteiger partial charge in [0.2, 0.25) is 0 Å². The maximum Gasteiger partial charge on any atom is 0.147 e. The van der Waals surface area contributed by atoms with Crippen molar-refractivity contribution < 1.29 is 4.39 Å². The number of hydrogen-bond acceptors (Lipinski definition) is 3. The summed E-state index contributed by atoms with van der Waals surface area (Å²) in [5.41, 5.74) is 11.2. The Morgan fingerprint density at radius 2 is 2.15 bits per heavy atom. The van der Waals surface area contributed by atoms with Crippen LogP contribution in [-0.4, -0.2) is 0 Å². The summed E-state index contributed by atoms with van der Waals surface area (Å²) >= 11 is 0. The van der Waals surface area contributed by atoms with Gasteiger partial charge in [-0.1, -0.05) is 6.07 Å². The van der Waals surface area contributed by atoms with Crippen molar-refractivity contribution in [3.05, 3.63) is 29.1 Å². The highest BCUT2D eigenvalue weighted by atomic mass is 19.1. The number of rotatable bonds is 1. The van der Waals surface area contributed by atoms with Gasteiger partial charge in [-0.2, -0.15) is 5.26 Å². The van der Waals surface area contributed by atoms with Crippen LogP contribution >= 0.6 is 0 Å². The van der Waals surface area contributed by atoms with Crippen LogP contribution in [-0.2, 0) is 0 Å². The minimum absolute atomic E-state index is 0.130. The Labute approximate surface area is 75.8 Å². The van der Waals surface area contributed by atoms with Crippen molar-refractivity contribution in [3.63, 3.8) is 0 Å². The van der Waals surface area contributed by atoms with Crippen LogP contribution in [0.3, 0.4) is 0 Å². The fourth-order valence-corrected chi connectivity index (χ4v) is 1.07. The lowest BCUT2D eigenvalue weighted by Gasteiger charge is -2.08. The highest BCUT2D eigenvalue weighted by molar-refractivity contribution is 5.56. The summed E-state index contributed by atoms with van der Waals surface area (Å²) in [6.07, 6.45) is 0. The second kappa shape index (κ2) is 3.42. The maximum absolute atomic E-state index is 13.4. The van der Waals surface area contributed by atoms with Gasteiger partial charge in [0.05, 0.1) is 5.69 Å². The Hall–Kier alpha value is -1.60. The molecule has 0 fully saturated rings. The molecular formula is C9H10FN3. The molecule has 0 radical (unpaired) electrons. The van der Waals surface area contributed by atoms with E-state index in [1.54, 1.807) is 13.0 Å².